The number of aliphatic carboxylic acids is 1. The first kappa shape index (κ1) is 20.6. The molecule has 0 saturated carbocycles. The van der Waals surface area contributed by atoms with E-state index < -0.39 is 11.9 Å². The Morgan fingerprint density at radius 2 is 2.00 bits per heavy atom. The summed E-state index contributed by atoms with van der Waals surface area (Å²) in [5, 5.41) is 13.6. The molecule has 2 aromatic carbocycles. The minimum Gasteiger partial charge on any atom is -0.489 e. The van der Waals surface area contributed by atoms with Gasteiger partial charge in [0, 0.05) is 12.5 Å². The molecule has 6 heteroatoms. The van der Waals surface area contributed by atoms with Gasteiger partial charge in [-0.25, -0.2) is 0 Å². The van der Waals surface area contributed by atoms with Crippen molar-refractivity contribution in [2.45, 2.75) is 46.3 Å². The van der Waals surface area contributed by atoms with Crippen LogP contribution in [0.1, 0.15) is 42.9 Å². The van der Waals surface area contributed by atoms with Crippen LogP contribution in [-0.4, -0.2) is 20.9 Å². The molecule has 0 radical (unpaired) electrons. The number of allylic oxidation sites excluding steroid dienone is 2. The summed E-state index contributed by atoms with van der Waals surface area (Å²) >= 11 is 0. The van der Waals surface area contributed by atoms with Crippen molar-refractivity contribution in [1.82, 2.24) is 9.78 Å². The predicted molar refractivity (Wildman–Crippen MR) is 111 cm³/mol. The number of hydrogen-bond donors (Lipinski definition) is 1. The van der Waals surface area contributed by atoms with Crippen LogP contribution < -0.4 is 4.74 Å². The Labute approximate surface area is 169 Å². The standard InChI is InChI=1S/C23H25FN2O3/c1-4-6-17(13-21(27)28)16-7-10-19(11-8-16)29-14-18-9-12-20-22(15(18)3)26(5-2)25-23(20)24/h4,6-12,17H,5,13-14H2,1-3H3,(H,27,28)/t17-/m1/s1. The van der Waals surface area contributed by atoms with Gasteiger partial charge < -0.3 is 9.84 Å². The third-order valence-electron chi connectivity index (χ3n) is 5.05. The topological polar surface area (TPSA) is 64.3 Å². The van der Waals surface area contributed by atoms with Crippen molar-refractivity contribution in [3.63, 3.8) is 0 Å². The fraction of sp³-hybridized carbons (Fsp3) is 0.304. The van der Waals surface area contributed by atoms with Gasteiger partial charge in [-0.15, -0.1) is 5.10 Å². The van der Waals surface area contributed by atoms with Crippen LogP contribution in [0.3, 0.4) is 0 Å². The molecule has 1 atom stereocenters. The number of hydrogen-bond acceptors (Lipinski definition) is 3. The number of aryl methyl sites for hydroxylation is 2. The first-order valence-electron chi connectivity index (χ1n) is 9.66. The number of carboxylic acid groups (broad SMARTS) is 1. The maximum Gasteiger partial charge on any atom is 0.304 e. The lowest BCUT2D eigenvalue weighted by Gasteiger charge is -2.13. The normalized spacial score (nSPS) is 12.6. The molecule has 0 bridgehead atoms. The Kier molecular flexibility index (Phi) is 6.32. The third-order valence-corrected chi connectivity index (χ3v) is 5.05. The van der Waals surface area contributed by atoms with Crippen LogP contribution in [0.4, 0.5) is 4.39 Å². The second-order valence-electron chi connectivity index (χ2n) is 6.94. The highest BCUT2D eigenvalue weighted by Gasteiger charge is 2.15. The molecular formula is C23H25FN2O3. The van der Waals surface area contributed by atoms with Crippen LogP contribution in [-0.2, 0) is 17.9 Å². The van der Waals surface area contributed by atoms with Gasteiger partial charge in [0.2, 0.25) is 5.95 Å². The van der Waals surface area contributed by atoms with Crippen molar-refractivity contribution in [3.8, 4) is 5.75 Å². The lowest BCUT2D eigenvalue weighted by Crippen LogP contribution is -2.04. The monoisotopic (exact) mass is 396 g/mol. The van der Waals surface area contributed by atoms with Gasteiger partial charge in [-0.2, -0.15) is 4.39 Å². The Hall–Kier alpha value is -3.15. The highest BCUT2D eigenvalue weighted by molar-refractivity contribution is 5.83. The van der Waals surface area contributed by atoms with Crippen LogP contribution in [0.2, 0.25) is 0 Å². The number of nitrogens with zero attached hydrogens (tertiary/aromatic N) is 2. The van der Waals surface area contributed by atoms with Gasteiger partial charge in [0.05, 0.1) is 17.3 Å². The van der Waals surface area contributed by atoms with Crippen molar-refractivity contribution in [3.05, 3.63) is 71.2 Å². The molecule has 0 saturated heterocycles. The average Bonchev–Trinajstić information content (AvgIpc) is 3.04. The number of aromatic nitrogens is 2. The Bertz CT molecular complexity index is 1040. The zero-order chi connectivity index (χ0) is 21.0. The molecule has 0 unspecified atom stereocenters. The van der Waals surface area contributed by atoms with Crippen molar-refractivity contribution in [2.24, 2.45) is 0 Å². The summed E-state index contributed by atoms with van der Waals surface area (Å²) in [7, 11) is 0. The lowest BCUT2D eigenvalue weighted by atomic mass is 9.95. The molecule has 0 amide bonds. The average molecular weight is 396 g/mol. The highest BCUT2D eigenvalue weighted by Crippen LogP contribution is 2.27. The summed E-state index contributed by atoms with van der Waals surface area (Å²) in [6.07, 6.45) is 3.80. The Morgan fingerprint density at radius 3 is 2.62 bits per heavy atom. The van der Waals surface area contributed by atoms with E-state index in [0.717, 1.165) is 22.2 Å². The van der Waals surface area contributed by atoms with Crippen LogP contribution in [0.15, 0.2) is 48.6 Å². The summed E-state index contributed by atoms with van der Waals surface area (Å²) in [6, 6.07) is 11.1. The summed E-state index contributed by atoms with van der Waals surface area (Å²) in [5.74, 6) is -0.759. The molecule has 3 aromatic rings. The molecule has 152 valence electrons. The lowest BCUT2D eigenvalue weighted by molar-refractivity contribution is -0.137. The quantitative estimate of drug-likeness (QED) is 0.531. The van der Waals surface area contributed by atoms with E-state index in [4.69, 9.17) is 9.84 Å². The first-order valence-corrected chi connectivity index (χ1v) is 9.66. The number of halogens is 1. The second kappa shape index (κ2) is 8.90. The zero-order valence-electron chi connectivity index (χ0n) is 16.9. The molecule has 0 spiro atoms. The number of rotatable bonds is 8. The van der Waals surface area contributed by atoms with E-state index in [-0.39, 0.29) is 12.3 Å². The summed E-state index contributed by atoms with van der Waals surface area (Å²) in [5.41, 5.74) is 3.64. The molecule has 0 aliphatic heterocycles. The van der Waals surface area contributed by atoms with Crippen molar-refractivity contribution in [2.75, 3.05) is 0 Å². The van der Waals surface area contributed by atoms with Crippen LogP contribution >= 0.6 is 0 Å². The van der Waals surface area contributed by atoms with Crippen LogP contribution in [0.5, 0.6) is 5.75 Å². The van der Waals surface area contributed by atoms with Gasteiger partial charge in [0.15, 0.2) is 0 Å². The molecule has 5 nitrogen and oxygen atoms in total. The number of carbonyl (C=O) groups is 1. The van der Waals surface area contributed by atoms with Crippen molar-refractivity contribution in [1.29, 1.82) is 0 Å². The van der Waals surface area contributed by atoms with E-state index >= 15 is 0 Å². The molecule has 0 fully saturated rings. The molecule has 1 N–H and O–H groups in total. The van der Waals surface area contributed by atoms with Gasteiger partial charge >= 0.3 is 5.97 Å². The maximum absolute atomic E-state index is 14.0. The maximum atomic E-state index is 14.0. The zero-order valence-corrected chi connectivity index (χ0v) is 16.9. The van der Waals surface area contributed by atoms with E-state index in [0.29, 0.717) is 24.3 Å². The molecule has 0 aliphatic rings. The van der Waals surface area contributed by atoms with Crippen molar-refractivity contribution >= 4 is 16.9 Å². The van der Waals surface area contributed by atoms with E-state index in [1.807, 2.05) is 63.3 Å². The van der Waals surface area contributed by atoms with E-state index in [1.54, 1.807) is 10.7 Å². The Balaban J connectivity index is 1.76. The SMILES string of the molecule is CC=C[C@H](CC(=O)O)c1ccc(OCc2ccc3c(F)nn(CC)c3c2C)cc1. The molecule has 29 heavy (non-hydrogen) atoms. The molecule has 0 aliphatic carbocycles. The minimum atomic E-state index is -0.831. The van der Waals surface area contributed by atoms with Crippen LogP contribution in [0.25, 0.3) is 10.9 Å². The van der Waals surface area contributed by atoms with E-state index in [1.165, 1.54) is 0 Å². The first-order chi connectivity index (χ1) is 13.9. The van der Waals surface area contributed by atoms with Gasteiger partial charge in [-0.1, -0.05) is 30.4 Å². The highest BCUT2D eigenvalue weighted by atomic mass is 19.1. The molecule has 1 aromatic heterocycles. The predicted octanol–water partition coefficient (Wildman–Crippen LogP) is 5.22. The van der Waals surface area contributed by atoms with Gasteiger partial charge in [0.1, 0.15) is 12.4 Å². The number of carboxylic acids is 1. The Morgan fingerprint density at radius 1 is 1.28 bits per heavy atom. The fourth-order valence-electron chi connectivity index (χ4n) is 3.53. The summed E-state index contributed by atoms with van der Waals surface area (Å²) < 4.78 is 21.6. The summed E-state index contributed by atoms with van der Waals surface area (Å²) in [4.78, 5) is 11.1. The van der Waals surface area contributed by atoms with Crippen LogP contribution in [0, 0.1) is 12.9 Å². The molecule has 3 rings (SSSR count). The smallest absolute Gasteiger partial charge is 0.304 e. The second-order valence-corrected chi connectivity index (χ2v) is 6.94. The summed E-state index contributed by atoms with van der Waals surface area (Å²) in [6.45, 7) is 6.70. The largest absolute Gasteiger partial charge is 0.489 e. The molecule has 1 heterocycles. The van der Waals surface area contributed by atoms with E-state index in [2.05, 4.69) is 5.10 Å². The molecular weight excluding hydrogens is 371 g/mol. The van der Waals surface area contributed by atoms with Gasteiger partial charge in [-0.05, 0) is 55.7 Å². The van der Waals surface area contributed by atoms with E-state index in [9.17, 15) is 9.18 Å². The van der Waals surface area contributed by atoms with Gasteiger partial charge in [0.25, 0.3) is 0 Å². The number of benzene rings is 2. The van der Waals surface area contributed by atoms with Crippen molar-refractivity contribution < 1.29 is 19.0 Å². The minimum absolute atomic E-state index is 0.0470. The third kappa shape index (κ3) is 4.47. The number of fused-ring (bicyclic) bond motifs is 1. The fourth-order valence-corrected chi connectivity index (χ4v) is 3.53. The van der Waals surface area contributed by atoms with Gasteiger partial charge in [-0.3, -0.25) is 9.48 Å². The number of ether oxygens (including phenoxy) is 1.